The van der Waals surface area contributed by atoms with E-state index in [0.29, 0.717) is 17.0 Å². The molecule has 5 heteroatoms. The molecule has 0 saturated carbocycles. The van der Waals surface area contributed by atoms with Crippen molar-refractivity contribution in [2.75, 3.05) is 18.8 Å². The zero-order valence-corrected chi connectivity index (χ0v) is 14.4. The highest BCUT2D eigenvalue weighted by atomic mass is 16.2. The number of amides is 1. The highest BCUT2D eigenvalue weighted by molar-refractivity contribution is 6.00. The van der Waals surface area contributed by atoms with E-state index in [1.54, 1.807) is 17.2 Å². The SMILES string of the molecule is CCCn1cc(C(=O)N2CCC(C)CC2)c(=O)c2c(N)cccc21. The first-order chi connectivity index (χ1) is 11.5. The van der Waals surface area contributed by atoms with Crippen molar-refractivity contribution in [3.8, 4) is 0 Å². The lowest BCUT2D eigenvalue weighted by atomic mass is 9.98. The van der Waals surface area contributed by atoms with Crippen LogP contribution in [0, 0.1) is 5.92 Å². The fraction of sp³-hybridized carbons (Fsp3) is 0.474. The molecule has 1 amide bonds. The van der Waals surface area contributed by atoms with Crippen molar-refractivity contribution in [3.05, 3.63) is 40.2 Å². The molecule has 0 bridgehead atoms. The molecule has 1 aromatic carbocycles. The van der Waals surface area contributed by atoms with Crippen molar-refractivity contribution in [2.45, 2.75) is 39.7 Å². The number of carbonyl (C=O) groups excluding carboxylic acids is 1. The normalized spacial score (nSPS) is 15.8. The maximum absolute atomic E-state index is 12.9. The minimum atomic E-state index is -0.251. The van der Waals surface area contributed by atoms with Crippen molar-refractivity contribution < 1.29 is 4.79 Å². The Labute approximate surface area is 142 Å². The Balaban J connectivity index is 2.11. The molecule has 1 aromatic heterocycles. The third-order valence-corrected chi connectivity index (χ3v) is 4.91. The van der Waals surface area contributed by atoms with Gasteiger partial charge < -0.3 is 15.2 Å². The fourth-order valence-corrected chi connectivity index (χ4v) is 3.42. The first kappa shape index (κ1) is 16.6. The number of nitrogens with zero attached hydrogens (tertiary/aromatic N) is 2. The molecule has 1 aliphatic heterocycles. The van der Waals surface area contributed by atoms with Gasteiger partial charge >= 0.3 is 0 Å². The van der Waals surface area contributed by atoms with Gasteiger partial charge in [0.05, 0.1) is 10.9 Å². The summed E-state index contributed by atoms with van der Waals surface area (Å²) in [6, 6.07) is 5.45. The maximum Gasteiger partial charge on any atom is 0.259 e. The van der Waals surface area contributed by atoms with Crippen molar-refractivity contribution >= 4 is 22.5 Å². The summed E-state index contributed by atoms with van der Waals surface area (Å²) in [6.45, 7) is 6.46. The van der Waals surface area contributed by atoms with Crippen LogP contribution in [0.1, 0.15) is 43.5 Å². The van der Waals surface area contributed by atoms with Crippen LogP contribution < -0.4 is 11.2 Å². The molecule has 2 aromatic rings. The maximum atomic E-state index is 12.9. The number of nitrogen functional groups attached to an aromatic ring is 1. The lowest BCUT2D eigenvalue weighted by Gasteiger charge is -2.30. The van der Waals surface area contributed by atoms with Crippen LogP contribution in [0.15, 0.2) is 29.2 Å². The molecule has 1 aliphatic rings. The molecule has 3 rings (SSSR count). The monoisotopic (exact) mass is 327 g/mol. The predicted molar refractivity (Wildman–Crippen MR) is 97.2 cm³/mol. The minimum absolute atomic E-state index is 0.165. The van der Waals surface area contributed by atoms with E-state index in [4.69, 9.17) is 5.73 Å². The second kappa shape index (κ2) is 6.67. The molecule has 0 unspecified atom stereocenters. The van der Waals surface area contributed by atoms with Crippen LogP contribution in [-0.2, 0) is 6.54 Å². The lowest BCUT2D eigenvalue weighted by molar-refractivity contribution is 0.0695. The Morgan fingerprint density at radius 1 is 1.29 bits per heavy atom. The molecule has 128 valence electrons. The summed E-state index contributed by atoms with van der Waals surface area (Å²) in [5, 5.41) is 0.460. The van der Waals surface area contributed by atoms with Gasteiger partial charge in [-0.15, -0.1) is 0 Å². The second-order valence-corrected chi connectivity index (χ2v) is 6.78. The van der Waals surface area contributed by atoms with Crippen LogP contribution in [-0.4, -0.2) is 28.5 Å². The lowest BCUT2D eigenvalue weighted by Crippen LogP contribution is -2.40. The van der Waals surface area contributed by atoms with Gasteiger partial charge in [0.1, 0.15) is 5.56 Å². The third kappa shape index (κ3) is 2.90. The number of pyridine rings is 1. The number of aromatic nitrogens is 1. The summed E-state index contributed by atoms with van der Waals surface area (Å²) in [7, 11) is 0. The number of anilines is 1. The predicted octanol–water partition coefficient (Wildman–Crippen LogP) is 2.87. The molecule has 5 nitrogen and oxygen atoms in total. The zero-order chi connectivity index (χ0) is 17.3. The van der Waals surface area contributed by atoms with Crippen molar-refractivity contribution in [3.63, 3.8) is 0 Å². The van der Waals surface area contributed by atoms with Gasteiger partial charge in [-0.25, -0.2) is 0 Å². The van der Waals surface area contributed by atoms with Crippen molar-refractivity contribution in [1.82, 2.24) is 9.47 Å². The highest BCUT2D eigenvalue weighted by Gasteiger charge is 2.25. The topological polar surface area (TPSA) is 68.3 Å². The summed E-state index contributed by atoms with van der Waals surface area (Å²) < 4.78 is 1.98. The molecular formula is C19H25N3O2. The van der Waals surface area contributed by atoms with Crippen LogP contribution in [0.2, 0.25) is 0 Å². The van der Waals surface area contributed by atoms with E-state index in [1.807, 2.05) is 16.7 Å². The second-order valence-electron chi connectivity index (χ2n) is 6.78. The molecule has 0 aliphatic carbocycles. The van der Waals surface area contributed by atoms with Crippen molar-refractivity contribution in [2.24, 2.45) is 5.92 Å². The minimum Gasteiger partial charge on any atom is -0.398 e. The Morgan fingerprint density at radius 3 is 2.67 bits per heavy atom. The van der Waals surface area contributed by atoms with Gasteiger partial charge in [0.25, 0.3) is 5.91 Å². The molecule has 1 fully saturated rings. The first-order valence-corrected chi connectivity index (χ1v) is 8.73. The zero-order valence-electron chi connectivity index (χ0n) is 14.4. The molecule has 24 heavy (non-hydrogen) atoms. The van der Waals surface area contributed by atoms with Crippen LogP contribution >= 0.6 is 0 Å². The van der Waals surface area contributed by atoms with Crippen LogP contribution in [0.5, 0.6) is 0 Å². The van der Waals surface area contributed by atoms with Crippen molar-refractivity contribution in [1.29, 1.82) is 0 Å². The quantitative estimate of drug-likeness (QED) is 0.881. The van der Waals surface area contributed by atoms with E-state index in [1.165, 1.54) is 0 Å². The highest BCUT2D eigenvalue weighted by Crippen LogP contribution is 2.21. The van der Waals surface area contributed by atoms with E-state index in [2.05, 4.69) is 13.8 Å². The van der Waals surface area contributed by atoms with E-state index in [9.17, 15) is 9.59 Å². The molecule has 0 spiro atoms. The van der Waals surface area contributed by atoms with Gasteiger partial charge in [-0.05, 0) is 37.3 Å². The van der Waals surface area contributed by atoms with E-state index >= 15 is 0 Å². The smallest absolute Gasteiger partial charge is 0.259 e. The van der Waals surface area contributed by atoms with E-state index in [-0.39, 0.29) is 16.9 Å². The van der Waals surface area contributed by atoms with Gasteiger partial charge in [-0.3, -0.25) is 9.59 Å². The Kier molecular flexibility index (Phi) is 4.60. The van der Waals surface area contributed by atoms with Gasteiger partial charge in [0.2, 0.25) is 5.43 Å². The van der Waals surface area contributed by atoms with Crippen LogP contribution in [0.3, 0.4) is 0 Å². The summed E-state index contributed by atoms with van der Waals surface area (Å²) in [5.41, 5.74) is 7.27. The van der Waals surface area contributed by atoms with Crippen LogP contribution in [0.4, 0.5) is 5.69 Å². The third-order valence-electron chi connectivity index (χ3n) is 4.91. The number of fused-ring (bicyclic) bond motifs is 1. The fourth-order valence-electron chi connectivity index (χ4n) is 3.42. The molecule has 0 radical (unpaired) electrons. The number of rotatable bonds is 3. The average Bonchev–Trinajstić information content (AvgIpc) is 2.57. The average molecular weight is 327 g/mol. The Morgan fingerprint density at radius 2 is 2.00 bits per heavy atom. The largest absolute Gasteiger partial charge is 0.398 e. The number of piperidine rings is 1. The summed E-state index contributed by atoms with van der Waals surface area (Å²) >= 11 is 0. The number of likely N-dealkylation sites (tertiary alicyclic amines) is 1. The summed E-state index contributed by atoms with van der Waals surface area (Å²) in [5.74, 6) is 0.472. The summed E-state index contributed by atoms with van der Waals surface area (Å²) in [4.78, 5) is 27.6. The number of benzene rings is 1. The molecule has 0 atom stereocenters. The number of hydrogen-bond acceptors (Lipinski definition) is 3. The Hall–Kier alpha value is -2.30. The number of nitrogens with two attached hydrogens (primary N) is 1. The molecular weight excluding hydrogens is 302 g/mol. The summed E-state index contributed by atoms with van der Waals surface area (Å²) in [6.07, 6.45) is 4.62. The number of carbonyl (C=O) groups is 1. The molecule has 2 heterocycles. The van der Waals surface area contributed by atoms with Gasteiger partial charge in [0.15, 0.2) is 0 Å². The standard InChI is InChI=1S/C19H25N3O2/c1-3-9-22-12-14(19(24)21-10-7-13(2)8-11-21)18(23)17-15(20)5-4-6-16(17)22/h4-6,12-13H,3,7-11,20H2,1-2H3. The van der Waals surface area contributed by atoms with E-state index < -0.39 is 0 Å². The van der Waals surface area contributed by atoms with Gasteiger partial charge in [0, 0.05) is 31.5 Å². The number of hydrogen-bond donors (Lipinski definition) is 1. The van der Waals surface area contributed by atoms with Gasteiger partial charge in [-0.1, -0.05) is 19.9 Å². The van der Waals surface area contributed by atoms with Gasteiger partial charge in [-0.2, -0.15) is 0 Å². The Bertz CT molecular complexity index is 817. The molecule has 2 N–H and O–H groups in total. The molecule has 1 saturated heterocycles. The van der Waals surface area contributed by atoms with E-state index in [0.717, 1.165) is 44.4 Å². The first-order valence-electron chi connectivity index (χ1n) is 8.73. The number of aryl methyl sites for hydroxylation is 1. The van der Waals surface area contributed by atoms with Crippen LogP contribution in [0.25, 0.3) is 10.9 Å².